The van der Waals surface area contributed by atoms with Crippen LogP contribution in [0.4, 0.5) is 0 Å². The number of hydrogen-bond donors (Lipinski definition) is 0. The first-order valence-electron chi connectivity index (χ1n) is 10.4. The highest BCUT2D eigenvalue weighted by atomic mass is 16.3. The summed E-state index contributed by atoms with van der Waals surface area (Å²) in [5, 5.41) is 9.30. The fraction of sp³-hybridized carbons (Fsp3) is 0.0741. The highest BCUT2D eigenvalue weighted by molar-refractivity contribution is 6.28. The monoisotopic (exact) mass is 448 g/mol. The minimum absolute atomic E-state index is 0.0988. The molecule has 164 valence electrons. The molecule has 7 heteroatoms. The Bertz CT molecular complexity index is 1560. The summed E-state index contributed by atoms with van der Waals surface area (Å²) in [5.74, 6) is -0.835. The summed E-state index contributed by atoms with van der Waals surface area (Å²) in [6, 6.07) is 16.8. The van der Waals surface area contributed by atoms with Gasteiger partial charge in [0.2, 0.25) is 0 Å². The Morgan fingerprint density at radius 1 is 0.853 bits per heavy atom. The summed E-state index contributed by atoms with van der Waals surface area (Å²) in [4.78, 5) is 51.4. The number of likely N-dealkylation sites (N-methyl/N-ethyl adjacent to an activating group) is 1. The number of carbonyl (C=O) groups excluding carboxylic acids is 4. The Morgan fingerprint density at radius 3 is 2.18 bits per heavy atom. The summed E-state index contributed by atoms with van der Waals surface area (Å²) in [6.45, 7) is 1.54. The van der Waals surface area contributed by atoms with Crippen molar-refractivity contribution in [3.63, 3.8) is 0 Å². The van der Waals surface area contributed by atoms with Gasteiger partial charge in [-0.25, -0.2) is 0 Å². The van der Waals surface area contributed by atoms with Crippen LogP contribution in [0.1, 0.15) is 44.5 Å². The van der Waals surface area contributed by atoms with Crippen molar-refractivity contribution in [3.8, 4) is 17.4 Å². The van der Waals surface area contributed by atoms with E-state index < -0.39 is 11.8 Å². The second-order valence-corrected chi connectivity index (χ2v) is 8.01. The van der Waals surface area contributed by atoms with Crippen molar-refractivity contribution in [3.05, 3.63) is 99.3 Å². The second kappa shape index (κ2) is 7.64. The molecule has 2 aromatic carbocycles. The van der Waals surface area contributed by atoms with Gasteiger partial charge in [-0.05, 0) is 42.8 Å². The van der Waals surface area contributed by atoms with Crippen molar-refractivity contribution in [1.82, 2.24) is 4.90 Å². The van der Waals surface area contributed by atoms with Crippen molar-refractivity contribution in [1.29, 1.82) is 5.26 Å². The van der Waals surface area contributed by atoms with Gasteiger partial charge in [-0.1, -0.05) is 30.3 Å². The topological polar surface area (TPSA) is 108 Å². The zero-order chi connectivity index (χ0) is 24.1. The molecule has 34 heavy (non-hydrogen) atoms. The van der Waals surface area contributed by atoms with E-state index in [1.807, 2.05) is 6.07 Å². The van der Waals surface area contributed by atoms with E-state index in [-0.39, 0.29) is 28.3 Å². The molecule has 0 fully saturated rings. The largest absolute Gasteiger partial charge is 0.457 e. The number of amides is 2. The van der Waals surface area contributed by atoms with Crippen LogP contribution in [-0.4, -0.2) is 35.3 Å². The molecule has 0 saturated heterocycles. The number of imide groups is 1. The van der Waals surface area contributed by atoms with Crippen molar-refractivity contribution < 1.29 is 23.6 Å². The molecule has 1 aliphatic heterocycles. The minimum Gasteiger partial charge on any atom is -0.457 e. The first kappa shape index (κ1) is 21.0. The molecule has 0 atom stereocenters. The van der Waals surface area contributed by atoms with Crippen LogP contribution in [0.15, 0.2) is 75.7 Å². The van der Waals surface area contributed by atoms with Crippen molar-refractivity contribution in [2.75, 3.05) is 7.05 Å². The zero-order valence-electron chi connectivity index (χ0n) is 18.2. The number of fused-ring (bicyclic) bond motifs is 2. The van der Waals surface area contributed by atoms with Gasteiger partial charge < -0.3 is 4.42 Å². The molecule has 0 saturated carbocycles. The number of rotatable bonds is 2. The van der Waals surface area contributed by atoms with Crippen LogP contribution < -0.4 is 0 Å². The summed E-state index contributed by atoms with van der Waals surface area (Å²) in [6.07, 6.45) is 1.48. The van der Waals surface area contributed by atoms with E-state index in [0.717, 1.165) is 4.90 Å². The van der Waals surface area contributed by atoms with Crippen LogP contribution >= 0.6 is 0 Å². The molecular weight excluding hydrogens is 432 g/mol. The van der Waals surface area contributed by atoms with E-state index in [4.69, 9.17) is 4.42 Å². The van der Waals surface area contributed by atoms with Crippen LogP contribution in [-0.2, 0) is 9.59 Å². The number of nitriles is 1. The molecule has 2 heterocycles. The standard InChI is InChI=1S/C27H16N2O5/c1-14-20(26(32)29(2)27(33)22(14)13-28)12-16-8-10-23(34-16)15-7-9-19-21(11-15)25(31)18-6-4-3-5-17(18)24(19)30/h3-12H,1-2H3/b20-12+. The highest BCUT2D eigenvalue weighted by Crippen LogP contribution is 2.33. The van der Waals surface area contributed by atoms with E-state index in [2.05, 4.69) is 0 Å². The molecule has 0 radical (unpaired) electrons. The number of nitrogens with zero attached hydrogens (tertiary/aromatic N) is 2. The van der Waals surface area contributed by atoms with Gasteiger partial charge in [0, 0.05) is 40.4 Å². The summed E-state index contributed by atoms with van der Waals surface area (Å²) in [5.41, 5.74) is 2.36. The van der Waals surface area contributed by atoms with Gasteiger partial charge in [0.15, 0.2) is 11.6 Å². The average Bonchev–Trinajstić information content (AvgIpc) is 3.33. The maximum atomic E-state index is 13.0. The van der Waals surface area contributed by atoms with E-state index in [0.29, 0.717) is 39.3 Å². The van der Waals surface area contributed by atoms with Crippen molar-refractivity contribution >= 4 is 29.5 Å². The number of furan rings is 1. The third-order valence-corrected chi connectivity index (χ3v) is 6.07. The van der Waals surface area contributed by atoms with E-state index >= 15 is 0 Å². The minimum atomic E-state index is -0.642. The molecule has 5 rings (SSSR count). The lowest BCUT2D eigenvalue weighted by molar-refractivity contribution is -0.138. The van der Waals surface area contributed by atoms with Crippen LogP contribution in [0.5, 0.6) is 0 Å². The quantitative estimate of drug-likeness (QED) is 0.339. The van der Waals surface area contributed by atoms with E-state index in [9.17, 15) is 24.4 Å². The Balaban J connectivity index is 1.53. The highest BCUT2D eigenvalue weighted by Gasteiger charge is 2.33. The lowest BCUT2D eigenvalue weighted by Gasteiger charge is -2.23. The second-order valence-electron chi connectivity index (χ2n) is 8.01. The summed E-state index contributed by atoms with van der Waals surface area (Å²) >= 11 is 0. The molecule has 2 amide bonds. The number of ketones is 2. The van der Waals surface area contributed by atoms with Gasteiger partial charge in [0.25, 0.3) is 11.8 Å². The summed E-state index contributed by atoms with van der Waals surface area (Å²) in [7, 11) is 1.32. The SMILES string of the molecule is CC1=C(C#N)C(=O)N(C)C(=O)/C1=C/c1ccc(-c2ccc3c(c2)C(=O)c2ccccc2C3=O)o1. The molecule has 0 unspecified atom stereocenters. The van der Waals surface area contributed by atoms with Crippen molar-refractivity contribution in [2.24, 2.45) is 0 Å². The average molecular weight is 448 g/mol. The Hall–Kier alpha value is -4.83. The lowest BCUT2D eigenvalue weighted by atomic mass is 9.83. The van der Waals surface area contributed by atoms with E-state index in [1.165, 1.54) is 13.1 Å². The van der Waals surface area contributed by atoms with Crippen LogP contribution in [0, 0.1) is 11.3 Å². The molecule has 3 aromatic rings. The molecule has 7 nitrogen and oxygen atoms in total. The molecule has 1 aromatic heterocycles. The smallest absolute Gasteiger partial charge is 0.271 e. The number of carbonyl (C=O) groups is 4. The number of hydrogen-bond acceptors (Lipinski definition) is 6. The number of benzene rings is 2. The van der Waals surface area contributed by atoms with Crippen LogP contribution in [0.25, 0.3) is 17.4 Å². The zero-order valence-corrected chi connectivity index (χ0v) is 18.2. The fourth-order valence-electron chi connectivity index (χ4n) is 4.18. The fourth-order valence-corrected chi connectivity index (χ4v) is 4.18. The molecular formula is C27H16N2O5. The van der Waals surface area contributed by atoms with Crippen LogP contribution in [0.2, 0.25) is 0 Å². The predicted octanol–water partition coefficient (Wildman–Crippen LogP) is 3.94. The van der Waals surface area contributed by atoms with Crippen molar-refractivity contribution in [2.45, 2.75) is 6.92 Å². The third kappa shape index (κ3) is 3.05. The van der Waals surface area contributed by atoms with Gasteiger partial charge in [-0.15, -0.1) is 0 Å². The van der Waals surface area contributed by atoms with E-state index in [1.54, 1.807) is 61.5 Å². The van der Waals surface area contributed by atoms with Gasteiger partial charge in [-0.3, -0.25) is 24.1 Å². The Kier molecular flexibility index (Phi) is 4.73. The van der Waals surface area contributed by atoms with Gasteiger partial charge >= 0.3 is 0 Å². The maximum Gasteiger partial charge on any atom is 0.271 e. The third-order valence-electron chi connectivity index (χ3n) is 6.07. The Morgan fingerprint density at radius 2 is 1.50 bits per heavy atom. The molecule has 0 N–H and O–H groups in total. The molecule has 0 spiro atoms. The molecule has 1 aliphatic carbocycles. The molecule has 2 aliphatic rings. The summed E-state index contributed by atoms with van der Waals surface area (Å²) < 4.78 is 5.89. The van der Waals surface area contributed by atoms with Crippen LogP contribution in [0.3, 0.4) is 0 Å². The maximum absolute atomic E-state index is 13.0. The molecule has 0 bridgehead atoms. The van der Waals surface area contributed by atoms with Gasteiger partial charge in [0.1, 0.15) is 23.2 Å². The lowest BCUT2D eigenvalue weighted by Crippen LogP contribution is -2.39. The normalized spacial score (nSPS) is 16.6. The van der Waals surface area contributed by atoms with Gasteiger partial charge in [0.05, 0.1) is 0 Å². The first-order chi connectivity index (χ1) is 16.3. The first-order valence-corrected chi connectivity index (χ1v) is 10.4. The predicted molar refractivity (Wildman–Crippen MR) is 122 cm³/mol. The van der Waals surface area contributed by atoms with Gasteiger partial charge in [-0.2, -0.15) is 5.26 Å². The Labute approximate surface area is 194 Å².